The van der Waals surface area contributed by atoms with Gasteiger partial charge in [-0.1, -0.05) is 11.6 Å². The number of anilines is 1. The molecule has 0 aliphatic rings. The van der Waals surface area contributed by atoms with Gasteiger partial charge in [0.05, 0.1) is 11.9 Å². The van der Waals surface area contributed by atoms with Gasteiger partial charge in [-0.15, -0.1) is 0 Å². The maximum absolute atomic E-state index is 12.0. The number of pyridine rings is 2. The summed E-state index contributed by atoms with van der Waals surface area (Å²) >= 11 is 9.03. The smallest absolute Gasteiger partial charge is 0.255 e. The molecule has 92 valence electrons. The number of hydrogen-bond donors (Lipinski definition) is 1. The lowest BCUT2D eigenvalue weighted by Gasteiger charge is -2.05. The monoisotopic (exact) mass is 325 g/mol. The highest BCUT2D eigenvalue weighted by atomic mass is 79.9. The van der Waals surface area contributed by atoms with Gasteiger partial charge >= 0.3 is 0 Å². The van der Waals surface area contributed by atoms with Gasteiger partial charge < -0.3 is 5.32 Å². The fourth-order valence-electron chi connectivity index (χ4n) is 1.41. The summed E-state index contributed by atoms with van der Waals surface area (Å²) in [5, 5.41) is 3.03. The third kappa shape index (κ3) is 3.27. The zero-order valence-corrected chi connectivity index (χ0v) is 11.8. The van der Waals surface area contributed by atoms with Crippen molar-refractivity contribution in [2.75, 3.05) is 5.32 Å². The Labute approximate surface area is 118 Å². The van der Waals surface area contributed by atoms with Crippen molar-refractivity contribution in [2.45, 2.75) is 6.92 Å². The number of nitrogens with one attached hydrogen (secondary N) is 1. The van der Waals surface area contributed by atoms with Gasteiger partial charge in [0.1, 0.15) is 9.76 Å². The van der Waals surface area contributed by atoms with Crippen LogP contribution in [0, 0.1) is 6.92 Å². The van der Waals surface area contributed by atoms with Crippen molar-refractivity contribution in [1.82, 2.24) is 9.97 Å². The lowest BCUT2D eigenvalue weighted by Crippen LogP contribution is -2.12. The van der Waals surface area contributed by atoms with Gasteiger partial charge in [-0.05, 0) is 47.1 Å². The van der Waals surface area contributed by atoms with Crippen LogP contribution >= 0.6 is 27.5 Å². The number of aryl methyl sites for hydroxylation is 1. The van der Waals surface area contributed by atoms with Crippen LogP contribution in [0.3, 0.4) is 0 Å². The van der Waals surface area contributed by atoms with Crippen molar-refractivity contribution in [3.63, 3.8) is 0 Å². The molecule has 0 unspecified atom stereocenters. The molecule has 0 spiro atoms. The minimum Gasteiger partial charge on any atom is -0.321 e. The van der Waals surface area contributed by atoms with Gasteiger partial charge in [0.2, 0.25) is 0 Å². The molecule has 2 heterocycles. The molecular weight excluding hydrogens is 318 g/mol. The van der Waals surface area contributed by atoms with Crippen LogP contribution in [-0.4, -0.2) is 15.9 Å². The molecule has 0 aromatic carbocycles. The molecule has 0 radical (unpaired) electrons. The molecule has 0 fully saturated rings. The third-order valence-electron chi connectivity index (χ3n) is 2.17. The van der Waals surface area contributed by atoms with E-state index in [2.05, 4.69) is 31.2 Å². The topological polar surface area (TPSA) is 54.9 Å². The second-order valence-electron chi connectivity index (χ2n) is 3.64. The van der Waals surface area contributed by atoms with E-state index < -0.39 is 0 Å². The van der Waals surface area contributed by atoms with E-state index >= 15 is 0 Å². The highest BCUT2D eigenvalue weighted by molar-refractivity contribution is 9.10. The van der Waals surface area contributed by atoms with Gasteiger partial charge in [-0.3, -0.25) is 4.79 Å². The summed E-state index contributed by atoms with van der Waals surface area (Å²) in [4.78, 5) is 20.0. The number of rotatable bonds is 2. The van der Waals surface area contributed by atoms with E-state index in [-0.39, 0.29) is 5.91 Å². The second kappa shape index (κ2) is 5.46. The molecule has 1 amide bonds. The van der Waals surface area contributed by atoms with Crippen molar-refractivity contribution >= 4 is 39.1 Å². The Morgan fingerprint density at radius 2 is 2.17 bits per heavy atom. The van der Waals surface area contributed by atoms with E-state index in [4.69, 9.17) is 11.6 Å². The Hall–Kier alpha value is -1.46. The first-order chi connectivity index (χ1) is 8.54. The summed E-state index contributed by atoms with van der Waals surface area (Å²) in [5.41, 5.74) is 1.78. The van der Waals surface area contributed by atoms with Crippen molar-refractivity contribution < 1.29 is 4.79 Å². The molecule has 2 aromatic heterocycles. The maximum Gasteiger partial charge on any atom is 0.255 e. The minimum atomic E-state index is -0.244. The first-order valence-electron chi connectivity index (χ1n) is 5.12. The SMILES string of the molecule is Cc1cc(C(=O)Nc2ccc(Br)nc2)cc(Cl)n1. The lowest BCUT2D eigenvalue weighted by molar-refractivity contribution is 0.102. The number of amides is 1. The average Bonchev–Trinajstić information content (AvgIpc) is 2.31. The molecule has 0 aliphatic carbocycles. The molecule has 2 aromatic rings. The molecule has 0 bridgehead atoms. The summed E-state index contributed by atoms with van der Waals surface area (Å²) in [6.07, 6.45) is 1.57. The Bertz CT molecular complexity index is 566. The van der Waals surface area contributed by atoms with Crippen molar-refractivity contribution in [3.05, 3.63) is 51.5 Å². The van der Waals surface area contributed by atoms with E-state index in [0.717, 1.165) is 0 Å². The largest absolute Gasteiger partial charge is 0.321 e. The Kier molecular flexibility index (Phi) is 3.93. The number of nitrogens with zero attached hydrogens (tertiary/aromatic N) is 2. The Morgan fingerprint density at radius 1 is 1.39 bits per heavy atom. The van der Waals surface area contributed by atoms with Crippen LogP contribution < -0.4 is 5.32 Å². The molecule has 0 saturated heterocycles. The van der Waals surface area contributed by atoms with Crippen LogP contribution in [-0.2, 0) is 0 Å². The predicted molar refractivity (Wildman–Crippen MR) is 73.9 cm³/mol. The maximum atomic E-state index is 12.0. The van der Waals surface area contributed by atoms with Gasteiger partial charge in [-0.25, -0.2) is 9.97 Å². The first-order valence-corrected chi connectivity index (χ1v) is 6.29. The molecule has 0 aliphatic heterocycles. The van der Waals surface area contributed by atoms with Crippen LogP contribution in [0.25, 0.3) is 0 Å². The van der Waals surface area contributed by atoms with E-state index in [1.54, 1.807) is 31.3 Å². The number of carbonyl (C=O) groups is 1. The van der Waals surface area contributed by atoms with Crippen molar-refractivity contribution in [1.29, 1.82) is 0 Å². The first kappa shape index (κ1) is 13.0. The van der Waals surface area contributed by atoms with Gasteiger partial charge in [0.15, 0.2) is 0 Å². The van der Waals surface area contributed by atoms with Gasteiger partial charge in [0, 0.05) is 11.3 Å². The third-order valence-corrected chi connectivity index (χ3v) is 2.83. The molecule has 4 nitrogen and oxygen atoms in total. The van der Waals surface area contributed by atoms with Crippen LogP contribution in [0.2, 0.25) is 5.15 Å². The van der Waals surface area contributed by atoms with Crippen LogP contribution in [0.5, 0.6) is 0 Å². The average molecular weight is 327 g/mol. The molecule has 0 atom stereocenters. The Balaban J connectivity index is 2.19. The second-order valence-corrected chi connectivity index (χ2v) is 4.84. The summed E-state index contributed by atoms with van der Waals surface area (Å²) < 4.78 is 0.711. The number of hydrogen-bond acceptors (Lipinski definition) is 3. The molecule has 18 heavy (non-hydrogen) atoms. The van der Waals surface area contributed by atoms with E-state index in [1.807, 2.05) is 0 Å². The minimum absolute atomic E-state index is 0.244. The standard InChI is InChI=1S/C12H9BrClN3O/c1-7-4-8(5-11(14)16-7)12(18)17-9-2-3-10(13)15-6-9/h2-6H,1H3,(H,17,18). The molecule has 1 N–H and O–H groups in total. The zero-order chi connectivity index (χ0) is 13.1. The van der Waals surface area contributed by atoms with Crippen LogP contribution in [0.15, 0.2) is 35.1 Å². The van der Waals surface area contributed by atoms with E-state index in [9.17, 15) is 4.79 Å². The van der Waals surface area contributed by atoms with E-state index in [0.29, 0.717) is 26.7 Å². The highest BCUT2D eigenvalue weighted by Gasteiger charge is 2.08. The zero-order valence-electron chi connectivity index (χ0n) is 9.45. The quantitative estimate of drug-likeness (QED) is 0.860. The summed E-state index contributed by atoms with van der Waals surface area (Å²) in [6.45, 7) is 1.78. The van der Waals surface area contributed by atoms with Gasteiger partial charge in [0.25, 0.3) is 5.91 Å². The molecular formula is C12H9BrClN3O. The van der Waals surface area contributed by atoms with Crippen molar-refractivity contribution in [3.8, 4) is 0 Å². The summed E-state index contributed by atoms with van der Waals surface area (Å²) in [7, 11) is 0. The van der Waals surface area contributed by atoms with Crippen molar-refractivity contribution in [2.24, 2.45) is 0 Å². The molecule has 2 rings (SSSR count). The number of carbonyl (C=O) groups excluding carboxylic acids is 1. The summed E-state index contributed by atoms with van der Waals surface area (Å²) in [5.74, 6) is -0.244. The van der Waals surface area contributed by atoms with Gasteiger partial charge in [-0.2, -0.15) is 0 Å². The van der Waals surface area contributed by atoms with Crippen LogP contribution in [0.4, 0.5) is 5.69 Å². The van der Waals surface area contributed by atoms with E-state index in [1.165, 1.54) is 6.07 Å². The molecule has 6 heteroatoms. The highest BCUT2D eigenvalue weighted by Crippen LogP contribution is 2.14. The Morgan fingerprint density at radius 3 is 2.78 bits per heavy atom. The predicted octanol–water partition coefficient (Wildman–Crippen LogP) is 3.45. The summed E-state index contributed by atoms with van der Waals surface area (Å²) in [6, 6.07) is 6.70. The fourth-order valence-corrected chi connectivity index (χ4v) is 1.90. The normalized spacial score (nSPS) is 10.2. The number of halogens is 2. The van der Waals surface area contributed by atoms with Crippen LogP contribution in [0.1, 0.15) is 16.1 Å². The molecule has 0 saturated carbocycles. The number of aromatic nitrogens is 2. The fraction of sp³-hybridized carbons (Fsp3) is 0.0833. The lowest BCUT2D eigenvalue weighted by atomic mass is 10.2.